The molecule has 2 fully saturated rings. The first kappa shape index (κ1) is 19.3. The molecule has 3 rings (SSSR count). The Hall–Kier alpha value is -1.46. The van der Waals surface area contributed by atoms with Gasteiger partial charge in [0.25, 0.3) is 0 Å². The van der Waals surface area contributed by atoms with Gasteiger partial charge in [0.1, 0.15) is 0 Å². The van der Waals surface area contributed by atoms with Crippen molar-refractivity contribution in [3.63, 3.8) is 0 Å². The SMILES string of the molecule is CC(C)CN1CC(=O)N(C2CCCCC2)CC(OCc2cccnc2)C1. The van der Waals surface area contributed by atoms with Gasteiger partial charge in [-0.25, -0.2) is 0 Å². The van der Waals surface area contributed by atoms with E-state index in [0.717, 1.165) is 38.0 Å². The normalized spacial score (nSPS) is 23.4. The Balaban J connectivity index is 1.68. The molecule has 5 nitrogen and oxygen atoms in total. The molecule has 1 aromatic rings. The van der Waals surface area contributed by atoms with E-state index in [-0.39, 0.29) is 12.0 Å². The third-order valence-corrected chi connectivity index (χ3v) is 5.39. The van der Waals surface area contributed by atoms with Crippen molar-refractivity contribution in [2.75, 3.05) is 26.2 Å². The van der Waals surface area contributed by atoms with E-state index in [1.807, 2.05) is 18.3 Å². The zero-order valence-electron chi connectivity index (χ0n) is 16.3. The number of hydrogen-bond acceptors (Lipinski definition) is 4. The average molecular weight is 360 g/mol. The van der Waals surface area contributed by atoms with Gasteiger partial charge in [-0.3, -0.25) is 14.7 Å². The fraction of sp³-hybridized carbons (Fsp3) is 0.714. The maximum atomic E-state index is 12.9. The summed E-state index contributed by atoms with van der Waals surface area (Å²) in [7, 11) is 0. The highest BCUT2D eigenvalue weighted by atomic mass is 16.5. The molecular weight excluding hydrogens is 326 g/mol. The van der Waals surface area contributed by atoms with Crippen LogP contribution in [0.2, 0.25) is 0 Å². The predicted octanol–water partition coefficient (Wildman–Crippen LogP) is 3.10. The van der Waals surface area contributed by atoms with E-state index in [9.17, 15) is 4.79 Å². The topological polar surface area (TPSA) is 45.7 Å². The van der Waals surface area contributed by atoms with Crippen LogP contribution in [0, 0.1) is 5.92 Å². The van der Waals surface area contributed by atoms with Crippen LogP contribution in [0.3, 0.4) is 0 Å². The highest BCUT2D eigenvalue weighted by Gasteiger charge is 2.33. The number of ether oxygens (including phenoxy) is 1. The molecule has 0 radical (unpaired) electrons. The molecule has 1 aliphatic carbocycles. The van der Waals surface area contributed by atoms with Crippen LogP contribution < -0.4 is 0 Å². The second-order valence-electron chi connectivity index (χ2n) is 8.22. The summed E-state index contributed by atoms with van der Waals surface area (Å²) in [6.45, 7) is 7.99. The second kappa shape index (κ2) is 9.47. The first-order chi connectivity index (χ1) is 12.6. The molecule has 1 saturated carbocycles. The number of amides is 1. The number of hydrogen-bond donors (Lipinski definition) is 0. The summed E-state index contributed by atoms with van der Waals surface area (Å²) in [5.74, 6) is 0.827. The minimum absolute atomic E-state index is 0.0577. The van der Waals surface area contributed by atoms with Crippen LogP contribution in [-0.2, 0) is 16.1 Å². The summed E-state index contributed by atoms with van der Waals surface area (Å²) >= 11 is 0. The van der Waals surface area contributed by atoms with Gasteiger partial charge in [0, 0.05) is 38.1 Å². The minimum Gasteiger partial charge on any atom is -0.370 e. The van der Waals surface area contributed by atoms with Crippen LogP contribution in [0.1, 0.15) is 51.5 Å². The van der Waals surface area contributed by atoms with Gasteiger partial charge in [-0.05, 0) is 30.4 Å². The third kappa shape index (κ3) is 5.52. The highest BCUT2D eigenvalue weighted by Crippen LogP contribution is 2.25. The van der Waals surface area contributed by atoms with Crippen molar-refractivity contribution >= 4 is 5.91 Å². The lowest BCUT2D eigenvalue weighted by Gasteiger charge is -2.35. The summed E-state index contributed by atoms with van der Waals surface area (Å²) in [6, 6.07) is 4.38. The van der Waals surface area contributed by atoms with E-state index in [1.165, 1.54) is 19.3 Å². The van der Waals surface area contributed by atoms with Gasteiger partial charge < -0.3 is 9.64 Å². The summed E-state index contributed by atoms with van der Waals surface area (Å²) in [5, 5.41) is 0. The molecule has 1 unspecified atom stereocenters. The standard InChI is InChI=1S/C21H33N3O2/c1-17(2)12-23-13-20(26-16-18-7-6-10-22-11-18)14-24(21(25)15-23)19-8-4-3-5-9-19/h6-7,10-11,17,19-20H,3-5,8-9,12-16H2,1-2H3. The van der Waals surface area contributed by atoms with E-state index in [1.54, 1.807) is 6.20 Å². The quantitative estimate of drug-likeness (QED) is 0.783. The maximum absolute atomic E-state index is 12.9. The van der Waals surface area contributed by atoms with Crippen molar-refractivity contribution in [1.29, 1.82) is 0 Å². The molecule has 1 aliphatic heterocycles. The van der Waals surface area contributed by atoms with Crippen molar-refractivity contribution in [3.8, 4) is 0 Å². The summed E-state index contributed by atoms with van der Waals surface area (Å²) in [4.78, 5) is 21.5. The molecule has 1 saturated heterocycles. The molecule has 0 N–H and O–H groups in total. The Kier molecular flexibility index (Phi) is 7.03. The van der Waals surface area contributed by atoms with Crippen molar-refractivity contribution in [3.05, 3.63) is 30.1 Å². The molecular formula is C21H33N3O2. The number of pyridine rings is 1. The monoisotopic (exact) mass is 359 g/mol. The van der Waals surface area contributed by atoms with Crippen LogP contribution >= 0.6 is 0 Å². The van der Waals surface area contributed by atoms with Crippen LogP contribution in [-0.4, -0.2) is 59.0 Å². The molecule has 0 aromatic carbocycles. The third-order valence-electron chi connectivity index (χ3n) is 5.39. The van der Waals surface area contributed by atoms with Crippen molar-refractivity contribution in [1.82, 2.24) is 14.8 Å². The molecule has 1 aromatic heterocycles. The Morgan fingerprint density at radius 2 is 2.04 bits per heavy atom. The van der Waals surface area contributed by atoms with Gasteiger partial charge in [0.05, 0.1) is 19.3 Å². The Bertz CT molecular complexity index is 558. The van der Waals surface area contributed by atoms with Crippen LogP contribution in [0.4, 0.5) is 0 Å². The molecule has 26 heavy (non-hydrogen) atoms. The number of aromatic nitrogens is 1. The second-order valence-corrected chi connectivity index (χ2v) is 8.22. The number of nitrogens with zero attached hydrogens (tertiary/aromatic N) is 3. The summed E-state index contributed by atoms with van der Waals surface area (Å²) < 4.78 is 6.25. The fourth-order valence-corrected chi connectivity index (χ4v) is 4.22. The zero-order chi connectivity index (χ0) is 18.4. The Morgan fingerprint density at radius 1 is 1.23 bits per heavy atom. The van der Waals surface area contributed by atoms with E-state index in [2.05, 4.69) is 28.6 Å². The Labute approximate surface area is 157 Å². The van der Waals surface area contributed by atoms with E-state index < -0.39 is 0 Å². The van der Waals surface area contributed by atoms with Gasteiger partial charge >= 0.3 is 0 Å². The molecule has 0 spiro atoms. The van der Waals surface area contributed by atoms with Crippen LogP contribution in [0.25, 0.3) is 0 Å². The lowest BCUT2D eigenvalue weighted by molar-refractivity contribution is -0.135. The van der Waals surface area contributed by atoms with Crippen molar-refractivity contribution in [2.45, 2.75) is 64.7 Å². The molecule has 1 amide bonds. The van der Waals surface area contributed by atoms with Gasteiger partial charge in [-0.15, -0.1) is 0 Å². The highest BCUT2D eigenvalue weighted by molar-refractivity contribution is 5.79. The van der Waals surface area contributed by atoms with Gasteiger partial charge in [0.15, 0.2) is 0 Å². The van der Waals surface area contributed by atoms with Gasteiger partial charge in [-0.1, -0.05) is 39.2 Å². The smallest absolute Gasteiger partial charge is 0.237 e. The zero-order valence-corrected chi connectivity index (χ0v) is 16.3. The number of carbonyl (C=O) groups is 1. The molecule has 144 valence electrons. The minimum atomic E-state index is 0.0577. The van der Waals surface area contributed by atoms with Crippen LogP contribution in [0.15, 0.2) is 24.5 Å². The number of carbonyl (C=O) groups excluding carboxylic acids is 1. The van der Waals surface area contributed by atoms with Crippen molar-refractivity contribution < 1.29 is 9.53 Å². The van der Waals surface area contributed by atoms with Gasteiger partial charge in [-0.2, -0.15) is 0 Å². The molecule has 0 bridgehead atoms. The average Bonchev–Trinajstić information content (AvgIpc) is 2.79. The first-order valence-corrected chi connectivity index (χ1v) is 10.1. The fourth-order valence-electron chi connectivity index (χ4n) is 4.22. The first-order valence-electron chi connectivity index (χ1n) is 10.1. The molecule has 1 atom stereocenters. The maximum Gasteiger partial charge on any atom is 0.237 e. The molecule has 5 heteroatoms. The molecule has 2 heterocycles. The lowest BCUT2D eigenvalue weighted by atomic mass is 9.94. The van der Waals surface area contributed by atoms with Gasteiger partial charge in [0.2, 0.25) is 5.91 Å². The van der Waals surface area contributed by atoms with E-state index in [4.69, 9.17) is 4.74 Å². The molecule has 2 aliphatic rings. The predicted molar refractivity (Wildman–Crippen MR) is 103 cm³/mol. The van der Waals surface area contributed by atoms with E-state index in [0.29, 0.717) is 25.1 Å². The lowest BCUT2D eigenvalue weighted by Crippen LogP contribution is -2.45. The summed E-state index contributed by atoms with van der Waals surface area (Å²) in [6.07, 6.45) is 9.77. The van der Waals surface area contributed by atoms with Crippen molar-refractivity contribution in [2.24, 2.45) is 5.92 Å². The van der Waals surface area contributed by atoms with E-state index >= 15 is 0 Å². The summed E-state index contributed by atoms with van der Waals surface area (Å²) in [5.41, 5.74) is 1.09. The largest absolute Gasteiger partial charge is 0.370 e. The van der Waals surface area contributed by atoms with Crippen LogP contribution in [0.5, 0.6) is 0 Å². The Morgan fingerprint density at radius 3 is 2.73 bits per heavy atom. The number of rotatable bonds is 6.